The summed E-state index contributed by atoms with van der Waals surface area (Å²) >= 11 is 0. The molecule has 1 aliphatic heterocycles. The first kappa shape index (κ1) is 20.9. The first-order valence-corrected chi connectivity index (χ1v) is 9.93. The molecule has 2 aromatic carbocycles. The normalized spacial score (nSPS) is 15.8. The summed E-state index contributed by atoms with van der Waals surface area (Å²) in [6, 6.07) is 11.0. The molecule has 0 unspecified atom stereocenters. The van der Waals surface area contributed by atoms with Crippen LogP contribution in [0.4, 0.5) is 5.69 Å². The zero-order valence-corrected chi connectivity index (χ0v) is 17.2. The van der Waals surface area contributed by atoms with E-state index in [1.807, 2.05) is 32.9 Å². The van der Waals surface area contributed by atoms with E-state index >= 15 is 0 Å². The Morgan fingerprint density at radius 2 is 1.90 bits per heavy atom. The molecule has 2 amide bonds. The Balaban J connectivity index is 1.52. The van der Waals surface area contributed by atoms with Gasteiger partial charge in [-0.3, -0.25) is 9.59 Å². The van der Waals surface area contributed by atoms with E-state index in [2.05, 4.69) is 10.6 Å². The fraction of sp³-hybridized carbons (Fsp3) is 0.391. The van der Waals surface area contributed by atoms with Gasteiger partial charge in [-0.2, -0.15) is 0 Å². The quantitative estimate of drug-likeness (QED) is 0.751. The Bertz CT molecular complexity index is 865. The lowest BCUT2D eigenvalue weighted by Crippen LogP contribution is -2.33. The number of rotatable bonds is 7. The summed E-state index contributed by atoms with van der Waals surface area (Å²) in [4.78, 5) is 24.7. The predicted molar refractivity (Wildman–Crippen MR) is 113 cm³/mol. The number of hydrogen-bond acceptors (Lipinski definition) is 4. The molecule has 2 N–H and O–H groups in total. The molecule has 6 nitrogen and oxygen atoms in total. The topological polar surface area (TPSA) is 76.7 Å². The molecular formula is C23H28N2O4. The number of nitrogens with one attached hydrogen (secondary N) is 2. The van der Waals surface area contributed by atoms with Crippen LogP contribution in [0.25, 0.3) is 0 Å². The molecule has 1 aliphatic rings. The minimum atomic E-state index is -0.319. The second-order valence-corrected chi connectivity index (χ2v) is 7.48. The maximum absolute atomic E-state index is 12.4. The van der Waals surface area contributed by atoms with Crippen LogP contribution in [0, 0.1) is 20.8 Å². The molecule has 154 valence electrons. The van der Waals surface area contributed by atoms with Crippen molar-refractivity contribution >= 4 is 17.5 Å². The number of anilines is 1. The van der Waals surface area contributed by atoms with Crippen molar-refractivity contribution in [3.8, 4) is 5.75 Å². The van der Waals surface area contributed by atoms with Crippen molar-refractivity contribution < 1.29 is 19.1 Å². The summed E-state index contributed by atoms with van der Waals surface area (Å²) in [5.41, 5.74) is 4.38. The van der Waals surface area contributed by atoms with Crippen LogP contribution < -0.4 is 15.4 Å². The van der Waals surface area contributed by atoms with Crippen LogP contribution in [0.3, 0.4) is 0 Å². The van der Waals surface area contributed by atoms with E-state index in [1.54, 1.807) is 24.3 Å². The molecule has 2 aromatic rings. The molecule has 0 bridgehead atoms. The molecule has 0 radical (unpaired) electrons. The van der Waals surface area contributed by atoms with E-state index in [0.29, 0.717) is 17.9 Å². The Morgan fingerprint density at radius 1 is 1.14 bits per heavy atom. The Labute approximate surface area is 171 Å². The molecule has 0 aliphatic carbocycles. The molecule has 3 rings (SSSR count). The molecule has 1 atom stereocenters. The van der Waals surface area contributed by atoms with E-state index in [-0.39, 0.29) is 24.5 Å². The summed E-state index contributed by atoms with van der Waals surface area (Å²) in [6.07, 6.45) is 2.17. The fourth-order valence-corrected chi connectivity index (χ4v) is 3.52. The lowest BCUT2D eigenvalue weighted by atomic mass is 10.1. The molecule has 0 saturated carbocycles. The Hall–Kier alpha value is -2.86. The number of carbonyl (C=O) groups is 2. The van der Waals surface area contributed by atoms with Crippen LogP contribution in [-0.2, 0) is 9.53 Å². The van der Waals surface area contributed by atoms with Gasteiger partial charge in [0.15, 0.2) is 0 Å². The van der Waals surface area contributed by atoms with Crippen molar-refractivity contribution in [3.63, 3.8) is 0 Å². The monoisotopic (exact) mass is 396 g/mol. The minimum absolute atomic E-state index is 0.105. The lowest BCUT2D eigenvalue weighted by molar-refractivity contribution is -0.115. The number of aryl methyl sites for hydroxylation is 3. The van der Waals surface area contributed by atoms with Crippen molar-refractivity contribution in [2.24, 2.45) is 0 Å². The fourth-order valence-electron chi connectivity index (χ4n) is 3.52. The maximum Gasteiger partial charge on any atom is 0.251 e. The van der Waals surface area contributed by atoms with E-state index in [4.69, 9.17) is 9.47 Å². The molecular weight excluding hydrogens is 368 g/mol. The lowest BCUT2D eigenvalue weighted by Gasteiger charge is -2.14. The summed E-state index contributed by atoms with van der Waals surface area (Å²) in [6.45, 7) is 7.08. The second-order valence-electron chi connectivity index (χ2n) is 7.48. The molecule has 0 aromatic heterocycles. The highest BCUT2D eigenvalue weighted by atomic mass is 16.5. The van der Waals surface area contributed by atoms with Gasteiger partial charge in [-0.25, -0.2) is 0 Å². The molecule has 1 saturated heterocycles. The van der Waals surface area contributed by atoms with E-state index in [9.17, 15) is 9.59 Å². The van der Waals surface area contributed by atoms with Gasteiger partial charge in [-0.1, -0.05) is 23.8 Å². The van der Waals surface area contributed by atoms with E-state index in [1.165, 1.54) is 0 Å². The summed E-state index contributed by atoms with van der Waals surface area (Å²) < 4.78 is 11.3. The molecule has 29 heavy (non-hydrogen) atoms. The number of amides is 2. The maximum atomic E-state index is 12.4. The van der Waals surface area contributed by atoms with Crippen molar-refractivity contribution in [1.82, 2.24) is 5.32 Å². The summed E-state index contributed by atoms with van der Waals surface area (Å²) in [5.74, 6) is 0.0303. The van der Waals surface area contributed by atoms with Crippen LogP contribution in [0.5, 0.6) is 5.75 Å². The largest absolute Gasteiger partial charge is 0.491 e. The summed E-state index contributed by atoms with van der Waals surface area (Å²) in [7, 11) is 0. The van der Waals surface area contributed by atoms with Crippen molar-refractivity contribution in [2.45, 2.75) is 39.7 Å². The first-order chi connectivity index (χ1) is 13.9. The SMILES string of the molecule is Cc1cc(C)c(NC(=O)CNC(=O)c2cccc(OC[C@H]3CCCO3)c2)c(C)c1. The minimum Gasteiger partial charge on any atom is -0.491 e. The van der Waals surface area contributed by atoms with Crippen LogP contribution in [-0.4, -0.2) is 37.7 Å². The van der Waals surface area contributed by atoms with Gasteiger partial charge in [0.2, 0.25) is 5.91 Å². The molecule has 1 fully saturated rings. The average Bonchev–Trinajstić information content (AvgIpc) is 3.21. The van der Waals surface area contributed by atoms with Crippen molar-refractivity contribution in [1.29, 1.82) is 0 Å². The highest BCUT2D eigenvalue weighted by Gasteiger charge is 2.16. The molecule has 6 heteroatoms. The van der Waals surface area contributed by atoms with Crippen molar-refractivity contribution in [3.05, 3.63) is 58.7 Å². The zero-order chi connectivity index (χ0) is 20.8. The van der Waals surface area contributed by atoms with Gasteiger partial charge in [0.25, 0.3) is 5.91 Å². The highest BCUT2D eigenvalue weighted by molar-refractivity contribution is 6.00. The van der Waals surface area contributed by atoms with E-state index in [0.717, 1.165) is 41.8 Å². The van der Waals surface area contributed by atoms with Gasteiger partial charge in [-0.05, 0) is 62.9 Å². The van der Waals surface area contributed by atoms with Gasteiger partial charge in [-0.15, -0.1) is 0 Å². The molecule has 0 spiro atoms. The predicted octanol–water partition coefficient (Wildman–Crippen LogP) is 3.54. The van der Waals surface area contributed by atoms with Crippen LogP contribution in [0.1, 0.15) is 39.9 Å². The van der Waals surface area contributed by atoms with Crippen LogP contribution in [0.2, 0.25) is 0 Å². The van der Waals surface area contributed by atoms with Crippen LogP contribution in [0.15, 0.2) is 36.4 Å². The highest BCUT2D eigenvalue weighted by Crippen LogP contribution is 2.22. The third-order valence-electron chi connectivity index (χ3n) is 4.91. The van der Waals surface area contributed by atoms with Gasteiger partial charge < -0.3 is 20.1 Å². The van der Waals surface area contributed by atoms with Crippen molar-refractivity contribution in [2.75, 3.05) is 25.1 Å². The first-order valence-electron chi connectivity index (χ1n) is 9.93. The number of ether oxygens (including phenoxy) is 2. The molecule has 1 heterocycles. The Morgan fingerprint density at radius 3 is 2.59 bits per heavy atom. The standard InChI is InChI=1S/C23H28N2O4/c1-15-10-16(2)22(17(3)11-15)25-21(26)13-24-23(27)18-6-4-7-19(12-18)29-14-20-8-5-9-28-20/h4,6-7,10-12,20H,5,8-9,13-14H2,1-3H3,(H,24,27)(H,25,26)/t20-/m1/s1. The van der Waals surface area contributed by atoms with Gasteiger partial charge in [0, 0.05) is 17.9 Å². The second kappa shape index (κ2) is 9.56. The van der Waals surface area contributed by atoms with Crippen LogP contribution >= 0.6 is 0 Å². The number of benzene rings is 2. The number of hydrogen-bond donors (Lipinski definition) is 2. The van der Waals surface area contributed by atoms with Gasteiger partial charge in [0.1, 0.15) is 12.4 Å². The summed E-state index contributed by atoms with van der Waals surface area (Å²) in [5, 5.41) is 5.55. The third kappa shape index (κ3) is 5.81. The van der Waals surface area contributed by atoms with E-state index < -0.39 is 0 Å². The van der Waals surface area contributed by atoms with Gasteiger partial charge >= 0.3 is 0 Å². The number of carbonyl (C=O) groups excluding carboxylic acids is 2. The zero-order valence-electron chi connectivity index (χ0n) is 17.2. The smallest absolute Gasteiger partial charge is 0.251 e. The average molecular weight is 396 g/mol. The van der Waals surface area contributed by atoms with Gasteiger partial charge in [0.05, 0.1) is 12.6 Å². The Kier molecular flexibility index (Phi) is 6.88. The third-order valence-corrected chi connectivity index (χ3v) is 4.91.